The third-order valence-corrected chi connectivity index (χ3v) is 3.08. The fraction of sp³-hybridized carbons (Fsp3) is 0. The van der Waals surface area contributed by atoms with E-state index in [1.807, 2.05) is 18.2 Å². The molecule has 0 unspecified atom stereocenters. The Bertz CT molecular complexity index is 222. The van der Waals surface area contributed by atoms with Crippen molar-refractivity contribution in [2.45, 2.75) is 0 Å². The predicted octanol–water partition coefficient (Wildman–Crippen LogP) is 1.52. The summed E-state index contributed by atoms with van der Waals surface area (Å²) in [5, 5.41) is 1.30. The van der Waals surface area contributed by atoms with Crippen molar-refractivity contribution in [2.24, 2.45) is 0 Å². The fourth-order valence-corrected chi connectivity index (χ4v) is 2.25. The second-order valence-corrected chi connectivity index (χ2v) is 5.08. The molecule has 0 aromatic heterocycles. The molecular weight excluding hydrogens is 350 g/mol. The molecule has 0 bridgehead atoms. The summed E-state index contributed by atoms with van der Waals surface area (Å²) in [4.78, 5) is 0. The van der Waals surface area contributed by atoms with Crippen LogP contribution in [0.5, 0.6) is 0 Å². The van der Waals surface area contributed by atoms with Crippen LogP contribution in [0, 0.1) is 0 Å². The average Bonchev–Trinajstić information content (AvgIpc) is 1.80. The first-order chi connectivity index (χ1) is 4.20. The van der Waals surface area contributed by atoms with Crippen LogP contribution in [0.1, 0.15) is 0 Å². The van der Waals surface area contributed by atoms with Gasteiger partial charge in [-0.3, -0.25) is 0 Å². The standard InChI is InChI=1S/C6H3Cl2.Pb.H/c7-5-3-1-2-4-6(5)8;;/h1,3-4H;;. The van der Waals surface area contributed by atoms with Crippen molar-refractivity contribution in [1.82, 2.24) is 0 Å². The number of rotatable bonds is 0. The molecule has 46 valence electrons. The van der Waals surface area contributed by atoms with Gasteiger partial charge in [0.2, 0.25) is 0 Å². The van der Waals surface area contributed by atoms with Crippen molar-refractivity contribution in [3.05, 3.63) is 28.2 Å². The number of hydrogen-bond acceptors (Lipinski definition) is 0. The summed E-state index contributed by atoms with van der Waals surface area (Å²) >= 11 is 12.2. The monoisotopic (exact) mass is 354 g/mol. The van der Waals surface area contributed by atoms with Gasteiger partial charge < -0.3 is 0 Å². The molecule has 0 amide bonds. The van der Waals surface area contributed by atoms with Gasteiger partial charge in [-0.15, -0.1) is 0 Å². The van der Waals surface area contributed by atoms with Gasteiger partial charge in [0, 0.05) is 0 Å². The summed E-state index contributed by atoms with van der Waals surface area (Å²) < 4.78 is 1.30. The molecule has 1 aromatic carbocycles. The first-order valence-corrected chi connectivity index (χ1v) is 5.41. The van der Waals surface area contributed by atoms with Crippen molar-refractivity contribution >= 4 is 52.1 Å². The zero-order chi connectivity index (χ0) is 6.85. The van der Waals surface area contributed by atoms with Crippen LogP contribution in [0.4, 0.5) is 0 Å². The first kappa shape index (κ1) is 7.82. The van der Waals surface area contributed by atoms with E-state index >= 15 is 0 Å². The molecule has 1 aromatic rings. The van der Waals surface area contributed by atoms with E-state index in [1.54, 1.807) is 0 Å². The molecule has 3 heteroatoms. The van der Waals surface area contributed by atoms with Crippen LogP contribution in [0.25, 0.3) is 0 Å². The van der Waals surface area contributed by atoms with Gasteiger partial charge in [-0.1, -0.05) is 0 Å². The molecule has 0 aliphatic rings. The van der Waals surface area contributed by atoms with E-state index in [0.717, 1.165) is 25.8 Å². The van der Waals surface area contributed by atoms with Gasteiger partial charge in [0.1, 0.15) is 0 Å². The van der Waals surface area contributed by atoms with Crippen LogP contribution in [-0.4, -0.2) is 25.8 Å². The Morgan fingerprint density at radius 3 is 2.22 bits per heavy atom. The van der Waals surface area contributed by atoms with Crippen molar-refractivity contribution < 1.29 is 0 Å². The van der Waals surface area contributed by atoms with Gasteiger partial charge in [0.25, 0.3) is 0 Å². The van der Waals surface area contributed by atoms with E-state index in [0.29, 0.717) is 10.0 Å². The van der Waals surface area contributed by atoms with Gasteiger partial charge in [0.15, 0.2) is 0 Å². The summed E-state index contributed by atoms with van der Waals surface area (Å²) in [7, 11) is 0. The van der Waals surface area contributed by atoms with Crippen LogP contribution < -0.4 is 3.12 Å². The van der Waals surface area contributed by atoms with Crippen LogP contribution in [0.3, 0.4) is 0 Å². The Hall–Kier alpha value is 0.722. The third kappa shape index (κ3) is 2.09. The molecule has 0 spiro atoms. The van der Waals surface area contributed by atoms with Crippen molar-refractivity contribution in [1.29, 1.82) is 0 Å². The molecule has 0 nitrogen and oxygen atoms in total. The quantitative estimate of drug-likeness (QED) is 0.620. The Morgan fingerprint density at radius 2 is 1.78 bits per heavy atom. The van der Waals surface area contributed by atoms with Crippen LogP contribution in [0.2, 0.25) is 10.0 Å². The molecule has 1 rings (SSSR count). The second kappa shape index (κ2) is 3.21. The van der Waals surface area contributed by atoms with Gasteiger partial charge in [-0.25, -0.2) is 0 Å². The van der Waals surface area contributed by atoms with E-state index in [4.69, 9.17) is 23.2 Å². The number of benzene rings is 1. The third-order valence-electron chi connectivity index (χ3n) is 0.944. The summed E-state index contributed by atoms with van der Waals surface area (Å²) in [5.41, 5.74) is 0. The molecule has 0 saturated carbocycles. The summed E-state index contributed by atoms with van der Waals surface area (Å²) in [6.45, 7) is 0. The topological polar surface area (TPSA) is 0 Å². The Kier molecular flexibility index (Phi) is 2.79. The molecule has 2 radical (unpaired) electrons. The van der Waals surface area contributed by atoms with E-state index < -0.39 is 0 Å². The summed E-state index contributed by atoms with van der Waals surface area (Å²) in [6.07, 6.45) is 0. The SMILES string of the molecule is Clc1cc[c]([PbH])cc1Cl. The van der Waals surface area contributed by atoms with Gasteiger partial charge in [-0.2, -0.15) is 0 Å². The van der Waals surface area contributed by atoms with E-state index in [1.165, 1.54) is 3.12 Å². The van der Waals surface area contributed by atoms with Crippen LogP contribution in [0.15, 0.2) is 18.2 Å². The normalized spacial score (nSPS) is 9.67. The minimum absolute atomic E-state index is 0.640. The molecule has 0 aliphatic carbocycles. The molecule has 0 N–H and O–H groups in total. The molecular formula is C6H4Cl2Pb. The average molecular weight is 354 g/mol. The molecule has 0 fully saturated rings. The maximum absolute atomic E-state index is 5.71. The zero-order valence-electron chi connectivity index (χ0n) is 4.57. The first-order valence-electron chi connectivity index (χ1n) is 2.40. The zero-order valence-corrected chi connectivity index (χ0v) is 10.6. The van der Waals surface area contributed by atoms with Gasteiger partial charge in [-0.05, 0) is 0 Å². The van der Waals surface area contributed by atoms with Crippen molar-refractivity contribution in [2.75, 3.05) is 0 Å². The van der Waals surface area contributed by atoms with Gasteiger partial charge in [0.05, 0.1) is 0 Å². The molecule has 0 atom stereocenters. The van der Waals surface area contributed by atoms with Gasteiger partial charge >= 0.3 is 80.3 Å². The van der Waals surface area contributed by atoms with E-state index in [2.05, 4.69) is 0 Å². The predicted molar refractivity (Wildman–Crippen MR) is 43.2 cm³/mol. The van der Waals surface area contributed by atoms with E-state index in [-0.39, 0.29) is 0 Å². The molecule has 0 saturated heterocycles. The minimum atomic E-state index is 0.640. The summed E-state index contributed by atoms with van der Waals surface area (Å²) in [5.74, 6) is 0. The Morgan fingerprint density at radius 1 is 1.11 bits per heavy atom. The Labute approximate surface area is 79.8 Å². The molecule has 9 heavy (non-hydrogen) atoms. The second-order valence-electron chi connectivity index (χ2n) is 1.67. The summed E-state index contributed by atoms with van der Waals surface area (Å²) in [6, 6.07) is 5.74. The number of halogens is 2. The van der Waals surface area contributed by atoms with Crippen molar-refractivity contribution in [3.63, 3.8) is 0 Å². The molecule has 0 aliphatic heterocycles. The van der Waals surface area contributed by atoms with Crippen LogP contribution >= 0.6 is 23.2 Å². The van der Waals surface area contributed by atoms with Crippen LogP contribution in [-0.2, 0) is 0 Å². The fourth-order valence-electron chi connectivity index (χ4n) is 0.512. The maximum atomic E-state index is 5.71. The molecule has 0 heterocycles. The van der Waals surface area contributed by atoms with Crippen molar-refractivity contribution in [3.8, 4) is 0 Å². The number of hydrogen-bond donors (Lipinski definition) is 0. The Balaban J connectivity index is 3.17. The van der Waals surface area contributed by atoms with E-state index in [9.17, 15) is 0 Å².